The molecule has 2 N–H and O–H groups in total. The number of guanidine groups is 1. The van der Waals surface area contributed by atoms with Gasteiger partial charge in [-0.1, -0.05) is 43.2 Å². The average Bonchev–Trinajstić information content (AvgIpc) is 3.19. The van der Waals surface area contributed by atoms with Gasteiger partial charge in [-0.2, -0.15) is 0 Å². The van der Waals surface area contributed by atoms with Crippen LogP contribution in [-0.2, 0) is 6.54 Å². The van der Waals surface area contributed by atoms with E-state index in [1.54, 1.807) is 0 Å². The molecule has 26 heavy (non-hydrogen) atoms. The molecule has 0 spiro atoms. The summed E-state index contributed by atoms with van der Waals surface area (Å²) in [5.41, 5.74) is 1.42. The highest BCUT2D eigenvalue weighted by molar-refractivity contribution is 5.79. The third-order valence-electron chi connectivity index (χ3n) is 5.58. The molecule has 1 aromatic carbocycles. The lowest BCUT2D eigenvalue weighted by Crippen LogP contribution is -2.47. The Morgan fingerprint density at radius 2 is 1.73 bits per heavy atom. The van der Waals surface area contributed by atoms with Crippen molar-refractivity contribution in [3.63, 3.8) is 0 Å². The van der Waals surface area contributed by atoms with Crippen LogP contribution in [0.3, 0.4) is 0 Å². The highest BCUT2D eigenvalue weighted by Crippen LogP contribution is 2.17. The summed E-state index contributed by atoms with van der Waals surface area (Å²) in [6, 6.07) is 11.4. The van der Waals surface area contributed by atoms with Gasteiger partial charge in [0.2, 0.25) is 0 Å². The normalized spacial score (nSPS) is 20.4. The minimum Gasteiger partial charge on any atom is -0.356 e. The van der Waals surface area contributed by atoms with Crippen molar-refractivity contribution in [2.24, 2.45) is 4.99 Å². The van der Waals surface area contributed by atoms with Crippen molar-refractivity contribution in [1.82, 2.24) is 20.4 Å². The molecule has 0 atom stereocenters. The van der Waals surface area contributed by atoms with E-state index in [0.717, 1.165) is 19.0 Å². The molecule has 144 valence electrons. The lowest BCUT2D eigenvalue weighted by molar-refractivity contribution is 0.126. The maximum absolute atomic E-state index is 4.36. The molecule has 1 aliphatic heterocycles. The SMILES string of the molecule is CN=C(NCCCN1CCN(Cc2ccccc2)CC1)NC1CCCC1. The van der Waals surface area contributed by atoms with E-state index in [4.69, 9.17) is 0 Å². The first kappa shape index (κ1) is 19.2. The molecule has 0 unspecified atom stereocenters. The van der Waals surface area contributed by atoms with Gasteiger partial charge in [0.25, 0.3) is 0 Å². The van der Waals surface area contributed by atoms with Gasteiger partial charge in [-0.3, -0.25) is 9.89 Å². The molecule has 2 aliphatic rings. The molecule has 2 fully saturated rings. The van der Waals surface area contributed by atoms with E-state index in [-0.39, 0.29) is 0 Å². The molecular weight excluding hydrogens is 322 g/mol. The largest absolute Gasteiger partial charge is 0.356 e. The van der Waals surface area contributed by atoms with Gasteiger partial charge >= 0.3 is 0 Å². The van der Waals surface area contributed by atoms with E-state index < -0.39 is 0 Å². The third kappa shape index (κ3) is 6.29. The molecule has 0 amide bonds. The van der Waals surface area contributed by atoms with Gasteiger partial charge in [0.15, 0.2) is 5.96 Å². The number of rotatable bonds is 7. The molecule has 1 saturated carbocycles. The Balaban J connectivity index is 1.26. The second-order valence-electron chi connectivity index (χ2n) is 7.58. The van der Waals surface area contributed by atoms with Crippen LogP contribution in [0.2, 0.25) is 0 Å². The summed E-state index contributed by atoms with van der Waals surface area (Å²) in [5.74, 6) is 0.976. The minimum absolute atomic E-state index is 0.624. The first-order valence-corrected chi connectivity index (χ1v) is 10.3. The zero-order chi connectivity index (χ0) is 18.0. The van der Waals surface area contributed by atoms with Gasteiger partial charge in [-0.05, 0) is 31.4 Å². The van der Waals surface area contributed by atoms with Crippen LogP contribution in [0.5, 0.6) is 0 Å². The van der Waals surface area contributed by atoms with Crippen LogP contribution in [0.1, 0.15) is 37.7 Å². The summed E-state index contributed by atoms with van der Waals surface area (Å²) in [4.78, 5) is 9.52. The molecule has 5 nitrogen and oxygen atoms in total. The molecule has 3 rings (SSSR count). The highest BCUT2D eigenvalue weighted by atomic mass is 15.3. The van der Waals surface area contributed by atoms with E-state index in [2.05, 4.69) is 55.8 Å². The van der Waals surface area contributed by atoms with Crippen molar-refractivity contribution in [3.8, 4) is 0 Å². The molecule has 1 saturated heterocycles. The summed E-state index contributed by atoms with van der Waals surface area (Å²) in [7, 11) is 1.87. The summed E-state index contributed by atoms with van der Waals surface area (Å²) in [6.45, 7) is 7.97. The van der Waals surface area contributed by atoms with E-state index in [9.17, 15) is 0 Å². The summed E-state index contributed by atoms with van der Waals surface area (Å²) in [5, 5.41) is 7.03. The second-order valence-corrected chi connectivity index (χ2v) is 7.58. The zero-order valence-corrected chi connectivity index (χ0v) is 16.3. The monoisotopic (exact) mass is 357 g/mol. The average molecular weight is 358 g/mol. The van der Waals surface area contributed by atoms with Gasteiger partial charge in [-0.15, -0.1) is 0 Å². The van der Waals surface area contributed by atoms with Gasteiger partial charge < -0.3 is 15.5 Å². The van der Waals surface area contributed by atoms with Crippen LogP contribution in [-0.4, -0.2) is 68.1 Å². The van der Waals surface area contributed by atoms with Crippen LogP contribution >= 0.6 is 0 Å². The number of hydrogen-bond donors (Lipinski definition) is 2. The Hall–Kier alpha value is -1.59. The van der Waals surface area contributed by atoms with Crippen LogP contribution in [0, 0.1) is 0 Å². The molecule has 1 aliphatic carbocycles. The standard InChI is InChI=1S/C21H35N5/c1-22-21(24-20-10-5-6-11-20)23-12-7-13-25-14-16-26(17-15-25)18-19-8-3-2-4-9-19/h2-4,8-9,20H,5-7,10-18H2,1H3,(H2,22,23,24). The molecule has 1 heterocycles. The van der Waals surface area contributed by atoms with E-state index in [1.165, 1.54) is 70.4 Å². The molecule has 0 bridgehead atoms. The zero-order valence-electron chi connectivity index (χ0n) is 16.3. The highest BCUT2D eigenvalue weighted by Gasteiger charge is 2.17. The lowest BCUT2D eigenvalue weighted by atomic mass is 10.2. The summed E-state index contributed by atoms with van der Waals surface area (Å²) < 4.78 is 0. The van der Waals surface area contributed by atoms with Crippen molar-refractivity contribution in [2.45, 2.75) is 44.7 Å². The summed E-state index contributed by atoms with van der Waals surface area (Å²) >= 11 is 0. The van der Waals surface area contributed by atoms with Gasteiger partial charge in [-0.25, -0.2) is 0 Å². The fourth-order valence-corrected chi connectivity index (χ4v) is 3.98. The molecular formula is C21H35N5. The van der Waals surface area contributed by atoms with Crippen molar-refractivity contribution >= 4 is 5.96 Å². The van der Waals surface area contributed by atoms with E-state index in [1.807, 2.05) is 7.05 Å². The quantitative estimate of drug-likeness (QED) is 0.446. The summed E-state index contributed by atoms with van der Waals surface area (Å²) in [6.07, 6.45) is 6.45. The Morgan fingerprint density at radius 3 is 2.42 bits per heavy atom. The predicted octanol–water partition coefficient (Wildman–Crippen LogP) is 2.30. The van der Waals surface area contributed by atoms with Gasteiger partial charge in [0, 0.05) is 52.4 Å². The van der Waals surface area contributed by atoms with Crippen LogP contribution < -0.4 is 10.6 Å². The molecule has 0 radical (unpaired) electrons. The first-order chi connectivity index (χ1) is 12.8. The number of benzene rings is 1. The lowest BCUT2D eigenvalue weighted by Gasteiger charge is -2.34. The van der Waals surface area contributed by atoms with Crippen molar-refractivity contribution in [1.29, 1.82) is 0 Å². The second kappa shape index (κ2) is 10.5. The Bertz CT molecular complexity index is 531. The number of aliphatic imine (C=N–C) groups is 1. The minimum atomic E-state index is 0.624. The van der Waals surface area contributed by atoms with E-state index >= 15 is 0 Å². The molecule has 0 aromatic heterocycles. The number of piperazine rings is 1. The van der Waals surface area contributed by atoms with Crippen molar-refractivity contribution in [3.05, 3.63) is 35.9 Å². The van der Waals surface area contributed by atoms with Crippen molar-refractivity contribution in [2.75, 3.05) is 46.3 Å². The third-order valence-corrected chi connectivity index (χ3v) is 5.58. The van der Waals surface area contributed by atoms with Gasteiger partial charge in [0.1, 0.15) is 0 Å². The first-order valence-electron chi connectivity index (χ1n) is 10.3. The van der Waals surface area contributed by atoms with Crippen LogP contribution in [0.25, 0.3) is 0 Å². The Kier molecular flexibility index (Phi) is 7.77. The fraction of sp³-hybridized carbons (Fsp3) is 0.667. The molecule has 1 aromatic rings. The van der Waals surface area contributed by atoms with E-state index in [0.29, 0.717) is 6.04 Å². The topological polar surface area (TPSA) is 42.9 Å². The Labute approximate surface area is 158 Å². The number of hydrogen-bond acceptors (Lipinski definition) is 3. The van der Waals surface area contributed by atoms with Gasteiger partial charge in [0.05, 0.1) is 0 Å². The van der Waals surface area contributed by atoms with Crippen LogP contribution in [0.15, 0.2) is 35.3 Å². The smallest absolute Gasteiger partial charge is 0.191 e. The predicted molar refractivity (Wildman–Crippen MR) is 110 cm³/mol. The van der Waals surface area contributed by atoms with Crippen LogP contribution in [0.4, 0.5) is 0 Å². The maximum atomic E-state index is 4.36. The van der Waals surface area contributed by atoms with Crippen molar-refractivity contribution < 1.29 is 0 Å². The Morgan fingerprint density at radius 1 is 1.04 bits per heavy atom. The number of nitrogens with zero attached hydrogens (tertiary/aromatic N) is 3. The number of nitrogens with one attached hydrogen (secondary N) is 2. The fourth-order valence-electron chi connectivity index (χ4n) is 3.98. The maximum Gasteiger partial charge on any atom is 0.191 e. The molecule has 5 heteroatoms.